The maximum absolute atomic E-state index is 12.8. The molecule has 1 aliphatic carbocycles. The molecule has 1 saturated heterocycles. The first-order chi connectivity index (χ1) is 12.3. The van der Waals surface area contributed by atoms with Gasteiger partial charge in [-0.25, -0.2) is 4.79 Å². The van der Waals surface area contributed by atoms with Crippen molar-refractivity contribution < 1.29 is 14.3 Å². The van der Waals surface area contributed by atoms with Crippen LogP contribution >= 0.6 is 0 Å². The molecule has 0 aromatic heterocycles. The van der Waals surface area contributed by atoms with E-state index in [1.165, 1.54) is 0 Å². The molecular formula is C21H23NO3. The Morgan fingerprint density at radius 1 is 0.960 bits per heavy atom. The van der Waals surface area contributed by atoms with E-state index in [0.29, 0.717) is 25.4 Å². The van der Waals surface area contributed by atoms with Gasteiger partial charge in [0.2, 0.25) is 0 Å². The second-order valence-corrected chi connectivity index (χ2v) is 6.83. The van der Waals surface area contributed by atoms with Crippen molar-refractivity contribution in [2.45, 2.75) is 50.7 Å². The third-order valence-corrected chi connectivity index (χ3v) is 5.05. The van der Waals surface area contributed by atoms with Crippen molar-refractivity contribution in [2.24, 2.45) is 0 Å². The first kappa shape index (κ1) is 16.2. The van der Waals surface area contributed by atoms with Crippen molar-refractivity contribution in [2.75, 3.05) is 0 Å². The second kappa shape index (κ2) is 7.28. The smallest absolute Gasteiger partial charge is 0.410 e. The summed E-state index contributed by atoms with van der Waals surface area (Å²) in [6.07, 6.45) is 3.45. The summed E-state index contributed by atoms with van der Waals surface area (Å²) >= 11 is 0. The van der Waals surface area contributed by atoms with Crippen LogP contribution in [0.5, 0.6) is 0 Å². The van der Waals surface area contributed by atoms with Crippen molar-refractivity contribution >= 4 is 6.09 Å². The Hall–Kier alpha value is -2.33. The molecule has 2 fully saturated rings. The van der Waals surface area contributed by atoms with Gasteiger partial charge in [0, 0.05) is 12.6 Å². The maximum atomic E-state index is 12.8. The van der Waals surface area contributed by atoms with Gasteiger partial charge in [0.15, 0.2) is 0 Å². The quantitative estimate of drug-likeness (QED) is 0.770. The summed E-state index contributed by atoms with van der Waals surface area (Å²) in [6, 6.07) is 20.1. The summed E-state index contributed by atoms with van der Waals surface area (Å²) in [6.45, 7) is 0.886. The van der Waals surface area contributed by atoms with Crippen LogP contribution in [0.4, 0.5) is 4.79 Å². The lowest BCUT2D eigenvalue weighted by atomic mass is 9.94. The van der Waals surface area contributed by atoms with Crippen LogP contribution in [0.2, 0.25) is 0 Å². The summed E-state index contributed by atoms with van der Waals surface area (Å²) < 4.78 is 11.2. The molecule has 1 saturated carbocycles. The molecule has 2 aromatic carbocycles. The second-order valence-electron chi connectivity index (χ2n) is 6.83. The van der Waals surface area contributed by atoms with Gasteiger partial charge in [0.1, 0.15) is 6.61 Å². The van der Waals surface area contributed by atoms with E-state index in [2.05, 4.69) is 12.1 Å². The summed E-state index contributed by atoms with van der Waals surface area (Å²) in [4.78, 5) is 14.7. The maximum Gasteiger partial charge on any atom is 0.410 e. The molecule has 0 N–H and O–H groups in total. The molecule has 1 heterocycles. The summed E-state index contributed by atoms with van der Waals surface area (Å²) in [5.41, 5.74) is 2.13. The average molecular weight is 337 g/mol. The number of ether oxygens (including phenoxy) is 2. The van der Waals surface area contributed by atoms with Crippen molar-refractivity contribution in [3.8, 4) is 0 Å². The molecule has 0 bridgehead atoms. The van der Waals surface area contributed by atoms with Gasteiger partial charge >= 0.3 is 6.09 Å². The standard InChI is InChI=1S/C21H23NO3/c23-21(24-15-17-9-5-2-6-10-17)22(14-16-7-3-1-4-8-16)18-11-12-19-20(13-18)25-19/h1-10,18-20H,11-15H2. The molecule has 4 nitrogen and oxygen atoms in total. The molecule has 0 spiro atoms. The van der Waals surface area contributed by atoms with Gasteiger partial charge in [-0.3, -0.25) is 0 Å². The normalized spacial score (nSPS) is 24.2. The van der Waals surface area contributed by atoms with Gasteiger partial charge in [-0.1, -0.05) is 60.7 Å². The number of fused-ring (bicyclic) bond motifs is 1. The topological polar surface area (TPSA) is 42.1 Å². The molecule has 1 aliphatic heterocycles. The van der Waals surface area contributed by atoms with E-state index in [0.717, 1.165) is 30.4 Å². The van der Waals surface area contributed by atoms with Gasteiger partial charge < -0.3 is 14.4 Å². The monoisotopic (exact) mass is 337 g/mol. The summed E-state index contributed by atoms with van der Waals surface area (Å²) in [7, 11) is 0. The van der Waals surface area contributed by atoms with Gasteiger partial charge in [-0.2, -0.15) is 0 Å². The minimum Gasteiger partial charge on any atom is -0.445 e. The van der Waals surface area contributed by atoms with E-state index < -0.39 is 0 Å². The van der Waals surface area contributed by atoms with E-state index in [1.807, 2.05) is 53.4 Å². The number of rotatable bonds is 5. The first-order valence-electron chi connectivity index (χ1n) is 8.96. The number of carbonyl (C=O) groups excluding carboxylic acids is 1. The average Bonchev–Trinajstić information content (AvgIpc) is 3.44. The Balaban J connectivity index is 1.44. The molecule has 25 heavy (non-hydrogen) atoms. The van der Waals surface area contributed by atoms with Gasteiger partial charge in [0.05, 0.1) is 12.2 Å². The number of hydrogen-bond donors (Lipinski definition) is 0. The lowest BCUT2D eigenvalue weighted by molar-refractivity contribution is 0.0701. The molecule has 4 heteroatoms. The fraction of sp³-hybridized carbons (Fsp3) is 0.381. The van der Waals surface area contributed by atoms with E-state index in [1.54, 1.807) is 0 Å². The van der Waals surface area contributed by atoms with Gasteiger partial charge in [-0.05, 0) is 30.4 Å². The fourth-order valence-corrected chi connectivity index (χ4v) is 3.59. The molecule has 3 unspecified atom stereocenters. The highest BCUT2D eigenvalue weighted by Gasteiger charge is 2.46. The Bertz CT molecular complexity index is 704. The van der Waals surface area contributed by atoms with Crippen molar-refractivity contribution in [1.29, 1.82) is 0 Å². The van der Waals surface area contributed by atoms with Crippen LogP contribution in [0.15, 0.2) is 60.7 Å². The van der Waals surface area contributed by atoms with Crippen molar-refractivity contribution in [1.82, 2.24) is 4.90 Å². The number of carbonyl (C=O) groups is 1. The number of epoxide rings is 1. The van der Waals surface area contributed by atoms with Gasteiger partial charge in [-0.15, -0.1) is 0 Å². The molecule has 4 rings (SSSR count). The highest BCUT2D eigenvalue weighted by molar-refractivity contribution is 5.68. The zero-order valence-corrected chi connectivity index (χ0v) is 14.2. The number of nitrogens with zero attached hydrogens (tertiary/aromatic N) is 1. The van der Waals surface area contributed by atoms with Crippen LogP contribution in [-0.2, 0) is 22.6 Å². The van der Waals surface area contributed by atoms with Crippen LogP contribution < -0.4 is 0 Å². The van der Waals surface area contributed by atoms with E-state index in [9.17, 15) is 4.79 Å². The predicted octanol–water partition coefficient (Wildman–Crippen LogP) is 4.15. The largest absolute Gasteiger partial charge is 0.445 e. The van der Waals surface area contributed by atoms with Crippen molar-refractivity contribution in [3.63, 3.8) is 0 Å². The van der Waals surface area contributed by atoms with Crippen LogP contribution in [0.1, 0.15) is 30.4 Å². The van der Waals surface area contributed by atoms with E-state index >= 15 is 0 Å². The number of amides is 1. The minimum atomic E-state index is -0.239. The van der Waals surface area contributed by atoms with E-state index in [4.69, 9.17) is 9.47 Å². The van der Waals surface area contributed by atoms with Crippen LogP contribution in [0.25, 0.3) is 0 Å². The zero-order chi connectivity index (χ0) is 17.1. The molecule has 2 aromatic rings. The van der Waals surface area contributed by atoms with E-state index in [-0.39, 0.29) is 12.1 Å². The first-order valence-corrected chi connectivity index (χ1v) is 8.96. The molecule has 1 amide bonds. The lowest BCUT2D eigenvalue weighted by Crippen LogP contribution is -2.42. The SMILES string of the molecule is O=C(OCc1ccccc1)N(Cc1ccccc1)C1CCC2OC2C1. The third-order valence-electron chi connectivity index (χ3n) is 5.05. The Morgan fingerprint density at radius 2 is 1.64 bits per heavy atom. The minimum absolute atomic E-state index is 0.187. The zero-order valence-electron chi connectivity index (χ0n) is 14.2. The Labute approximate surface area is 148 Å². The third kappa shape index (κ3) is 4.02. The fourth-order valence-electron chi connectivity index (χ4n) is 3.59. The highest BCUT2D eigenvalue weighted by Crippen LogP contribution is 2.38. The highest BCUT2D eigenvalue weighted by atomic mass is 16.6. The van der Waals surface area contributed by atoms with Crippen LogP contribution in [-0.4, -0.2) is 29.2 Å². The van der Waals surface area contributed by atoms with Gasteiger partial charge in [0.25, 0.3) is 0 Å². The Morgan fingerprint density at radius 3 is 2.32 bits per heavy atom. The molecule has 3 atom stereocenters. The van der Waals surface area contributed by atoms with Crippen LogP contribution in [0, 0.1) is 0 Å². The van der Waals surface area contributed by atoms with Crippen molar-refractivity contribution in [3.05, 3.63) is 71.8 Å². The Kier molecular flexibility index (Phi) is 4.70. The predicted molar refractivity (Wildman–Crippen MR) is 94.9 cm³/mol. The molecule has 130 valence electrons. The number of benzene rings is 2. The summed E-state index contributed by atoms with van der Waals surface area (Å²) in [5, 5.41) is 0. The molecule has 0 radical (unpaired) electrons. The molecular weight excluding hydrogens is 314 g/mol. The lowest BCUT2D eigenvalue weighted by Gasteiger charge is -2.32. The summed E-state index contributed by atoms with van der Waals surface area (Å²) in [5.74, 6) is 0. The number of hydrogen-bond acceptors (Lipinski definition) is 3. The van der Waals surface area contributed by atoms with Crippen LogP contribution in [0.3, 0.4) is 0 Å². The molecule has 2 aliphatic rings.